The van der Waals surface area contributed by atoms with Gasteiger partial charge in [-0.25, -0.2) is 9.97 Å². The Morgan fingerprint density at radius 1 is 1.21 bits per heavy atom. The van der Waals surface area contributed by atoms with Crippen molar-refractivity contribution in [3.63, 3.8) is 0 Å². The van der Waals surface area contributed by atoms with Gasteiger partial charge in [-0.15, -0.1) is 11.3 Å². The highest BCUT2D eigenvalue weighted by atomic mass is 32.1. The number of nitriles is 1. The number of rotatable bonds is 7. The molecule has 4 rings (SSSR count). The van der Waals surface area contributed by atoms with E-state index in [4.69, 9.17) is 4.74 Å². The van der Waals surface area contributed by atoms with Crippen LogP contribution in [0.3, 0.4) is 0 Å². The summed E-state index contributed by atoms with van der Waals surface area (Å²) in [5, 5.41) is 15.8. The van der Waals surface area contributed by atoms with Gasteiger partial charge in [0.15, 0.2) is 0 Å². The molecule has 7 heteroatoms. The van der Waals surface area contributed by atoms with Crippen molar-refractivity contribution in [2.24, 2.45) is 0 Å². The van der Waals surface area contributed by atoms with E-state index in [9.17, 15) is 5.26 Å². The molecule has 1 aromatic carbocycles. The largest absolute Gasteiger partial charge is 0.493 e. The van der Waals surface area contributed by atoms with Crippen LogP contribution in [0.5, 0.6) is 5.75 Å². The van der Waals surface area contributed by atoms with Gasteiger partial charge in [0.05, 0.1) is 17.2 Å². The van der Waals surface area contributed by atoms with E-state index >= 15 is 0 Å². The number of ether oxygens (including phenoxy) is 1. The predicted octanol–water partition coefficient (Wildman–Crippen LogP) is 4.54. The molecule has 3 aromatic heterocycles. The zero-order chi connectivity index (χ0) is 19.3. The minimum absolute atomic E-state index is 0.644. The number of nitrogens with one attached hydrogen (secondary N) is 1. The molecule has 140 valence electrons. The average Bonchev–Trinajstić information content (AvgIpc) is 3.33. The Morgan fingerprint density at radius 2 is 2.11 bits per heavy atom. The number of hydrogen-bond donors (Lipinski definition) is 1. The molecule has 0 spiro atoms. The van der Waals surface area contributed by atoms with E-state index in [-0.39, 0.29) is 0 Å². The van der Waals surface area contributed by atoms with Crippen LogP contribution in [-0.4, -0.2) is 27.7 Å². The van der Waals surface area contributed by atoms with Crippen LogP contribution < -0.4 is 10.1 Å². The van der Waals surface area contributed by atoms with Gasteiger partial charge in [0.1, 0.15) is 29.7 Å². The second kappa shape index (κ2) is 8.11. The zero-order valence-corrected chi connectivity index (χ0v) is 16.2. The second-order valence-corrected chi connectivity index (χ2v) is 7.06. The molecule has 0 unspecified atom stereocenters. The van der Waals surface area contributed by atoms with Crippen molar-refractivity contribution in [1.82, 2.24) is 14.5 Å². The molecule has 0 saturated carbocycles. The van der Waals surface area contributed by atoms with Crippen molar-refractivity contribution in [3.8, 4) is 22.4 Å². The topological polar surface area (TPSA) is 75.8 Å². The minimum atomic E-state index is 0.644. The number of anilines is 1. The van der Waals surface area contributed by atoms with E-state index in [0.717, 1.165) is 33.0 Å². The van der Waals surface area contributed by atoms with Gasteiger partial charge in [0, 0.05) is 41.5 Å². The molecular weight excluding hydrogens is 370 g/mol. The zero-order valence-electron chi connectivity index (χ0n) is 15.4. The van der Waals surface area contributed by atoms with Crippen molar-refractivity contribution in [2.45, 2.75) is 13.5 Å². The van der Waals surface area contributed by atoms with Gasteiger partial charge in [-0.05, 0) is 19.1 Å². The van der Waals surface area contributed by atoms with Gasteiger partial charge >= 0.3 is 0 Å². The summed E-state index contributed by atoms with van der Waals surface area (Å²) < 4.78 is 7.55. The van der Waals surface area contributed by atoms with Gasteiger partial charge in [0.25, 0.3) is 0 Å². The van der Waals surface area contributed by atoms with Crippen molar-refractivity contribution in [2.75, 3.05) is 18.5 Å². The van der Waals surface area contributed by atoms with Gasteiger partial charge in [-0.2, -0.15) is 5.26 Å². The summed E-state index contributed by atoms with van der Waals surface area (Å²) in [6, 6.07) is 16.1. The summed E-state index contributed by atoms with van der Waals surface area (Å²) in [5.74, 6) is 1.62. The highest BCUT2D eigenvalue weighted by molar-refractivity contribution is 7.13. The first-order valence-corrected chi connectivity index (χ1v) is 9.92. The Balaban J connectivity index is 1.47. The fourth-order valence-corrected chi connectivity index (χ4v) is 3.92. The number of aromatic nitrogens is 3. The highest BCUT2D eigenvalue weighted by Gasteiger charge is 2.09. The molecule has 0 aliphatic carbocycles. The number of hydrogen-bond acceptors (Lipinski definition) is 6. The van der Waals surface area contributed by atoms with Crippen LogP contribution in [0.1, 0.15) is 12.6 Å². The lowest BCUT2D eigenvalue weighted by molar-refractivity contribution is 0.342. The Labute approximate surface area is 167 Å². The van der Waals surface area contributed by atoms with E-state index < -0.39 is 0 Å². The predicted molar refractivity (Wildman–Crippen MR) is 112 cm³/mol. The standard InChI is InChI=1S/C21H19N5OS/c1-2-27-17-10-20(28-13-17)18-11-21(25-14-24-18)23-7-8-26-16(12-22)9-15-5-3-4-6-19(15)26/h3-6,9-11,13-14H,2,7-8H2,1H3,(H,23,24,25). The molecule has 0 bridgehead atoms. The first-order chi connectivity index (χ1) is 13.8. The Bertz CT molecular complexity index is 1140. The smallest absolute Gasteiger partial charge is 0.130 e. The monoisotopic (exact) mass is 389 g/mol. The molecule has 0 aliphatic rings. The lowest BCUT2D eigenvalue weighted by atomic mass is 10.2. The number of fused-ring (bicyclic) bond motifs is 1. The van der Waals surface area contributed by atoms with Crippen molar-refractivity contribution in [3.05, 3.63) is 59.9 Å². The van der Waals surface area contributed by atoms with Crippen LogP contribution in [-0.2, 0) is 6.54 Å². The lowest BCUT2D eigenvalue weighted by Gasteiger charge is -2.09. The number of thiophene rings is 1. The number of para-hydroxylation sites is 1. The second-order valence-electron chi connectivity index (χ2n) is 6.15. The van der Waals surface area contributed by atoms with Crippen LogP contribution >= 0.6 is 11.3 Å². The summed E-state index contributed by atoms with van der Waals surface area (Å²) in [7, 11) is 0. The summed E-state index contributed by atoms with van der Waals surface area (Å²) in [6.45, 7) is 3.93. The van der Waals surface area contributed by atoms with Crippen LogP contribution in [0, 0.1) is 11.3 Å². The van der Waals surface area contributed by atoms with Gasteiger partial charge in [-0.1, -0.05) is 18.2 Å². The van der Waals surface area contributed by atoms with Crippen LogP contribution in [0.25, 0.3) is 21.5 Å². The highest BCUT2D eigenvalue weighted by Crippen LogP contribution is 2.30. The van der Waals surface area contributed by atoms with Crippen molar-refractivity contribution in [1.29, 1.82) is 5.26 Å². The quantitative estimate of drug-likeness (QED) is 0.502. The van der Waals surface area contributed by atoms with Crippen molar-refractivity contribution < 1.29 is 4.74 Å². The van der Waals surface area contributed by atoms with Crippen LogP contribution in [0.15, 0.2) is 54.2 Å². The van der Waals surface area contributed by atoms with E-state index in [2.05, 4.69) is 21.4 Å². The summed E-state index contributed by atoms with van der Waals surface area (Å²) >= 11 is 1.60. The van der Waals surface area contributed by atoms with Crippen LogP contribution in [0.4, 0.5) is 5.82 Å². The molecule has 28 heavy (non-hydrogen) atoms. The van der Waals surface area contributed by atoms with E-state index in [1.54, 1.807) is 17.7 Å². The molecule has 6 nitrogen and oxygen atoms in total. The molecule has 0 aliphatic heterocycles. The summed E-state index contributed by atoms with van der Waals surface area (Å²) in [5.41, 5.74) is 2.58. The molecule has 0 saturated heterocycles. The van der Waals surface area contributed by atoms with Gasteiger partial charge < -0.3 is 14.6 Å². The maximum atomic E-state index is 9.42. The van der Waals surface area contributed by atoms with E-state index in [1.165, 1.54) is 0 Å². The first-order valence-electron chi connectivity index (χ1n) is 9.04. The lowest BCUT2D eigenvalue weighted by Crippen LogP contribution is -2.12. The Hall–Kier alpha value is -3.37. The maximum Gasteiger partial charge on any atom is 0.130 e. The third kappa shape index (κ3) is 3.68. The molecule has 0 atom stereocenters. The van der Waals surface area contributed by atoms with E-state index in [0.29, 0.717) is 25.4 Å². The molecule has 3 heterocycles. The Morgan fingerprint density at radius 3 is 2.96 bits per heavy atom. The third-order valence-electron chi connectivity index (χ3n) is 4.37. The summed E-state index contributed by atoms with van der Waals surface area (Å²) in [6.07, 6.45) is 1.56. The fraction of sp³-hybridized carbons (Fsp3) is 0.190. The molecule has 0 amide bonds. The Kier molecular flexibility index (Phi) is 5.22. The van der Waals surface area contributed by atoms with Crippen LogP contribution in [0.2, 0.25) is 0 Å². The molecule has 1 N–H and O–H groups in total. The SMILES string of the molecule is CCOc1csc(-c2cc(NCCn3c(C#N)cc4ccccc43)ncn2)c1. The van der Waals surface area contributed by atoms with E-state index in [1.807, 2.05) is 59.3 Å². The third-order valence-corrected chi connectivity index (χ3v) is 5.30. The molecular formula is C21H19N5OS. The molecule has 0 radical (unpaired) electrons. The molecule has 0 fully saturated rings. The summed E-state index contributed by atoms with van der Waals surface area (Å²) in [4.78, 5) is 9.71. The van der Waals surface area contributed by atoms with Crippen molar-refractivity contribution >= 4 is 28.1 Å². The number of nitrogens with zero attached hydrogens (tertiary/aromatic N) is 4. The normalized spacial score (nSPS) is 10.7. The first kappa shape index (κ1) is 18.0. The minimum Gasteiger partial charge on any atom is -0.493 e. The van der Waals surface area contributed by atoms with Gasteiger partial charge in [0.2, 0.25) is 0 Å². The molecule has 4 aromatic rings. The maximum absolute atomic E-state index is 9.42. The number of benzene rings is 1. The fourth-order valence-electron chi connectivity index (χ4n) is 3.12. The van der Waals surface area contributed by atoms with Gasteiger partial charge in [-0.3, -0.25) is 0 Å². The average molecular weight is 389 g/mol.